The van der Waals surface area contributed by atoms with Crippen LogP contribution < -0.4 is 5.32 Å². The Morgan fingerprint density at radius 1 is 1.20 bits per heavy atom. The molecule has 5 nitrogen and oxygen atoms in total. The van der Waals surface area contributed by atoms with Gasteiger partial charge in [0.25, 0.3) is 11.6 Å². The van der Waals surface area contributed by atoms with E-state index in [0.29, 0.717) is 11.3 Å². The van der Waals surface area contributed by atoms with Gasteiger partial charge in [-0.25, -0.2) is 0 Å². The van der Waals surface area contributed by atoms with Gasteiger partial charge in [0, 0.05) is 27.0 Å². The minimum Gasteiger partial charge on any atom is -0.322 e. The van der Waals surface area contributed by atoms with Crippen molar-refractivity contribution in [2.75, 3.05) is 5.32 Å². The molecular formula is C14H11IN2O3. The fourth-order valence-electron chi connectivity index (χ4n) is 1.66. The molecule has 102 valence electrons. The van der Waals surface area contributed by atoms with Gasteiger partial charge in [-0.2, -0.15) is 0 Å². The van der Waals surface area contributed by atoms with Gasteiger partial charge in [-0.1, -0.05) is 0 Å². The number of carbonyl (C=O) groups excluding carboxylic acids is 1. The van der Waals surface area contributed by atoms with Crippen molar-refractivity contribution in [3.63, 3.8) is 0 Å². The second-order valence-corrected chi connectivity index (χ2v) is 5.38. The molecule has 1 N–H and O–H groups in total. The summed E-state index contributed by atoms with van der Waals surface area (Å²) in [4.78, 5) is 22.1. The van der Waals surface area contributed by atoms with Crippen LogP contribution in [0.4, 0.5) is 11.4 Å². The van der Waals surface area contributed by atoms with Gasteiger partial charge < -0.3 is 5.32 Å². The van der Waals surface area contributed by atoms with Crippen LogP contribution in [0.15, 0.2) is 42.5 Å². The summed E-state index contributed by atoms with van der Waals surface area (Å²) in [5, 5.41) is 13.3. The summed E-state index contributed by atoms with van der Waals surface area (Å²) in [7, 11) is 0. The molecule has 0 aromatic heterocycles. The number of rotatable bonds is 3. The number of anilines is 1. The number of nitro benzene ring substituents is 1. The summed E-state index contributed by atoms with van der Waals surface area (Å²) in [5.74, 6) is -0.291. The molecule has 2 rings (SSSR count). The largest absolute Gasteiger partial charge is 0.322 e. The first-order chi connectivity index (χ1) is 9.47. The van der Waals surface area contributed by atoms with Gasteiger partial charge >= 0.3 is 0 Å². The maximum absolute atomic E-state index is 12.0. The highest BCUT2D eigenvalue weighted by atomic mass is 127. The van der Waals surface area contributed by atoms with Crippen LogP contribution in [0.3, 0.4) is 0 Å². The summed E-state index contributed by atoms with van der Waals surface area (Å²) >= 11 is 2.22. The van der Waals surface area contributed by atoms with E-state index in [1.807, 2.05) is 25.1 Å². The molecule has 2 aromatic rings. The number of aryl methyl sites for hydroxylation is 1. The third kappa shape index (κ3) is 3.32. The molecule has 0 radical (unpaired) electrons. The molecule has 6 heteroatoms. The van der Waals surface area contributed by atoms with Crippen molar-refractivity contribution in [2.24, 2.45) is 0 Å². The van der Waals surface area contributed by atoms with Crippen LogP contribution in [0, 0.1) is 20.6 Å². The number of hydrogen-bond donors (Lipinski definition) is 1. The lowest BCUT2D eigenvalue weighted by Gasteiger charge is -2.07. The lowest BCUT2D eigenvalue weighted by molar-refractivity contribution is -0.384. The van der Waals surface area contributed by atoms with Crippen molar-refractivity contribution in [3.8, 4) is 0 Å². The van der Waals surface area contributed by atoms with Crippen LogP contribution in [-0.4, -0.2) is 10.8 Å². The maximum atomic E-state index is 12.0. The van der Waals surface area contributed by atoms with E-state index in [4.69, 9.17) is 0 Å². The lowest BCUT2D eigenvalue weighted by atomic mass is 10.1. The predicted molar refractivity (Wildman–Crippen MR) is 84.9 cm³/mol. The highest BCUT2D eigenvalue weighted by Crippen LogP contribution is 2.18. The number of amides is 1. The first-order valence-corrected chi connectivity index (χ1v) is 6.87. The molecule has 0 saturated carbocycles. The van der Waals surface area contributed by atoms with Crippen LogP contribution in [0.5, 0.6) is 0 Å². The van der Waals surface area contributed by atoms with Crippen LogP contribution >= 0.6 is 22.6 Å². The number of nitrogens with one attached hydrogen (secondary N) is 1. The minimum atomic E-state index is -0.496. The Labute approximate surface area is 129 Å². The molecule has 0 aliphatic heterocycles. The van der Waals surface area contributed by atoms with E-state index < -0.39 is 4.92 Å². The van der Waals surface area contributed by atoms with E-state index in [9.17, 15) is 14.9 Å². The molecule has 0 aliphatic rings. The summed E-state index contributed by atoms with van der Waals surface area (Å²) in [6, 6.07) is 11.1. The van der Waals surface area contributed by atoms with Gasteiger partial charge in [-0.3, -0.25) is 14.9 Å². The number of nitrogens with zero attached hydrogens (tertiary/aromatic N) is 1. The molecule has 0 aliphatic carbocycles. The molecule has 20 heavy (non-hydrogen) atoms. The molecule has 0 unspecified atom stereocenters. The van der Waals surface area contributed by atoms with E-state index in [-0.39, 0.29) is 11.6 Å². The summed E-state index contributed by atoms with van der Waals surface area (Å²) in [5.41, 5.74) is 2.12. The summed E-state index contributed by atoms with van der Waals surface area (Å²) in [6.07, 6.45) is 0. The number of non-ortho nitro benzene ring substituents is 1. The fourth-order valence-corrected chi connectivity index (χ4v) is 2.00. The monoisotopic (exact) mass is 382 g/mol. The van der Waals surface area contributed by atoms with E-state index in [2.05, 4.69) is 27.9 Å². The van der Waals surface area contributed by atoms with Crippen LogP contribution in [0.1, 0.15) is 15.9 Å². The van der Waals surface area contributed by atoms with Gasteiger partial charge in [0.2, 0.25) is 0 Å². The quantitative estimate of drug-likeness (QED) is 0.499. The van der Waals surface area contributed by atoms with Crippen molar-refractivity contribution in [3.05, 3.63) is 67.3 Å². The Bertz CT molecular complexity index is 669. The van der Waals surface area contributed by atoms with Crippen LogP contribution in [-0.2, 0) is 0 Å². The zero-order valence-corrected chi connectivity index (χ0v) is 12.7. The molecule has 0 heterocycles. The normalized spacial score (nSPS) is 10.1. The molecule has 0 atom stereocenters. The van der Waals surface area contributed by atoms with Gasteiger partial charge in [-0.15, -0.1) is 0 Å². The van der Waals surface area contributed by atoms with E-state index in [1.54, 1.807) is 0 Å². The standard InChI is InChI=1S/C14H11IN2O3/c1-9-8-11(4-7-13(9)15)16-14(18)10-2-5-12(6-3-10)17(19)20/h2-8H,1H3,(H,16,18). The molecular weight excluding hydrogens is 371 g/mol. The van der Waals surface area contributed by atoms with Gasteiger partial charge in [-0.05, 0) is 65.4 Å². The fraction of sp³-hybridized carbons (Fsp3) is 0.0714. The van der Waals surface area contributed by atoms with Crippen LogP contribution in [0.2, 0.25) is 0 Å². The van der Waals surface area contributed by atoms with Crippen molar-refractivity contribution < 1.29 is 9.72 Å². The van der Waals surface area contributed by atoms with Crippen molar-refractivity contribution in [1.29, 1.82) is 0 Å². The third-order valence-corrected chi connectivity index (χ3v) is 3.97. The Morgan fingerprint density at radius 2 is 1.85 bits per heavy atom. The Hall–Kier alpha value is -1.96. The van der Waals surface area contributed by atoms with E-state index in [1.165, 1.54) is 24.3 Å². The van der Waals surface area contributed by atoms with Gasteiger partial charge in [0.1, 0.15) is 0 Å². The maximum Gasteiger partial charge on any atom is 0.269 e. The predicted octanol–water partition coefficient (Wildman–Crippen LogP) is 3.76. The number of benzene rings is 2. The molecule has 0 spiro atoms. The number of hydrogen-bond acceptors (Lipinski definition) is 3. The molecule has 1 amide bonds. The number of halogens is 1. The first-order valence-electron chi connectivity index (χ1n) is 5.79. The molecule has 0 bridgehead atoms. The smallest absolute Gasteiger partial charge is 0.269 e. The zero-order valence-electron chi connectivity index (χ0n) is 10.6. The zero-order chi connectivity index (χ0) is 14.7. The number of carbonyl (C=O) groups is 1. The molecule has 0 saturated heterocycles. The third-order valence-electron chi connectivity index (χ3n) is 2.76. The Balaban J connectivity index is 2.15. The lowest BCUT2D eigenvalue weighted by Crippen LogP contribution is -2.12. The average Bonchev–Trinajstić information content (AvgIpc) is 2.43. The van der Waals surface area contributed by atoms with Crippen molar-refractivity contribution in [2.45, 2.75) is 6.92 Å². The molecule has 0 fully saturated rings. The van der Waals surface area contributed by atoms with Gasteiger partial charge in [0.15, 0.2) is 0 Å². The Kier molecular flexibility index (Phi) is 4.33. The highest BCUT2D eigenvalue weighted by Gasteiger charge is 2.10. The van der Waals surface area contributed by atoms with Crippen LogP contribution in [0.25, 0.3) is 0 Å². The second kappa shape index (κ2) is 6.00. The van der Waals surface area contributed by atoms with E-state index >= 15 is 0 Å². The first kappa shape index (κ1) is 14.4. The Morgan fingerprint density at radius 3 is 2.40 bits per heavy atom. The van der Waals surface area contributed by atoms with Crippen molar-refractivity contribution in [1.82, 2.24) is 0 Å². The van der Waals surface area contributed by atoms with Crippen molar-refractivity contribution >= 4 is 39.9 Å². The topological polar surface area (TPSA) is 72.2 Å². The molecule has 2 aromatic carbocycles. The second-order valence-electron chi connectivity index (χ2n) is 4.22. The van der Waals surface area contributed by atoms with E-state index in [0.717, 1.165) is 9.13 Å². The average molecular weight is 382 g/mol. The highest BCUT2D eigenvalue weighted by molar-refractivity contribution is 14.1. The van der Waals surface area contributed by atoms with Gasteiger partial charge in [0.05, 0.1) is 4.92 Å². The summed E-state index contributed by atoms with van der Waals surface area (Å²) in [6.45, 7) is 1.96. The number of nitro groups is 1. The minimum absolute atomic E-state index is 0.0355. The SMILES string of the molecule is Cc1cc(NC(=O)c2ccc([N+](=O)[O-])cc2)ccc1I. The summed E-state index contributed by atoms with van der Waals surface area (Å²) < 4.78 is 1.12.